The van der Waals surface area contributed by atoms with Gasteiger partial charge in [0.05, 0.1) is 6.00 Å². The Morgan fingerprint density at radius 2 is 2.38 bits per heavy atom. The molecule has 8 heavy (non-hydrogen) atoms. The van der Waals surface area contributed by atoms with E-state index in [4.69, 9.17) is 11.6 Å². The molecule has 0 aromatic heterocycles. The fraction of sp³-hybridized carbons (Fsp3) is 0.333. The van der Waals surface area contributed by atoms with E-state index in [1.54, 1.807) is 0 Å². The molecule has 0 aliphatic carbocycles. The van der Waals surface area contributed by atoms with Crippen LogP contribution in [0.25, 0.3) is 0 Å². The van der Waals surface area contributed by atoms with Crippen molar-refractivity contribution in [1.29, 1.82) is 0 Å². The van der Waals surface area contributed by atoms with Gasteiger partial charge in [-0.1, -0.05) is 12.2 Å². The van der Waals surface area contributed by atoms with Gasteiger partial charge in [0.15, 0.2) is 0 Å². The first-order valence-electron chi connectivity index (χ1n) is 2.57. The average molecular weight is 130 g/mol. The van der Waals surface area contributed by atoms with Gasteiger partial charge in [-0.05, 0) is 6.08 Å². The molecular formula is C6H8ClN. The number of alkyl halides is 1. The van der Waals surface area contributed by atoms with Crippen LogP contribution in [-0.4, -0.2) is 17.4 Å². The van der Waals surface area contributed by atoms with Crippen LogP contribution in [0, 0.1) is 0 Å². The first kappa shape index (κ1) is 5.70. The summed E-state index contributed by atoms with van der Waals surface area (Å²) in [5.41, 5.74) is 0. The van der Waals surface area contributed by atoms with Crippen molar-refractivity contribution < 1.29 is 0 Å². The molecule has 1 rings (SSSR count). The second-order valence-electron chi connectivity index (χ2n) is 1.66. The monoisotopic (exact) mass is 129 g/mol. The molecule has 0 aromatic rings. The van der Waals surface area contributed by atoms with E-state index in [0.717, 1.165) is 6.54 Å². The normalized spacial score (nSPS) is 17.4. The number of hydrogen-bond donors (Lipinski definition) is 0. The summed E-state index contributed by atoms with van der Waals surface area (Å²) < 4.78 is 0. The minimum Gasteiger partial charge on any atom is -0.360 e. The van der Waals surface area contributed by atoms with Gasteiger partial charge >= 0.3 is 0 Å². The molecule has 0 atom stereocenters. The second kappa shape index (κ2) is 2.78. The number of nitrogens with zero attached hydrogens (tertiary/aromatic N) is 1. The third-order valence-electron chi connectivity index (χ3n) is 1.04. The average Bonchev–Trinajstić information content (AvgIpc) is 1.90. The van der Waals surface area contributed by atoms with Gasteiger partial charge in [0.25, 0.3) is 0 Å². The first-order chi connectivity index (χ1) is 3.93. The Kier molecular flexibility index (Phi) is 1.98. The molecule has 0 fully saturated rings. The van der Waals surface area contributed by atoms with Gasteiger partial charge in [-0.15, -0.1) is 11.6 Å². The molecule has 44 valence electrons. The quantitative estimate of drug-likeness (QED) is 0.384. The van der Waals surface area contributed by atoms with E-state index in [2.05, 4.69) is 6.08 Å². The zero-order chi connectivity index (χ0) is 5.82. The van der Waals surface area contributed by atoms with Crippen LogP contribution >= 0.6 is 11.6 Å². The highest BCUT2D eigenvalue weighted by Crippen LogP contribution is 1.97. The van der Waals surface area contributed by atoms with Crippen LogP contribution in [0.5, 0.6) is 0 Å². The summed E-state index contributed by atoms with van der Waals surface area (Å²) in [7, 11) is 0. The Bertz CT molecular complexity index is 118. The lowest BCUT2D eigenvalue weighted by Crippen LogP contribution is -2.16. The topological polar surface area (TPSA) is 3.24 Å². The van der Waals surface area contributed by atoms with Crippen molar-refractivity contribution in [1.82, 2.24) is 4.90 Å². The predicted octanol–water partition coefficient (Wildman–Crippen LogP) is 1.57. The predicted molar refractivity (Wildman–Crippen MR) is 35.7 cm³/mol. The first-order valence-corrected chi connectivity index (χ1v) is 3.10. The minimum atomic E-state index is 0.584. The fourth-order valence-corrected chi connectivity index (χ4v) is 0.773. The molecule has 1 nitrogen and oxygen atoms in total. The molecule has 0 amide bonds. The van der Waals surface area contributed by atoms with Crippen LogP contribution in [-0.2, 0) is 0 Å². The molecule has 0 spiro atoms. The molecule has 0 radical (unpaired) electrons. The lowest BCUT2D eigenvalue weighted by molar-refractivity contribution is 0.481. The van der Waals surface area contributed by atoms with Crippen molar-refractivity contribution in [3.8, 4) is 0 Å². The summed E-state index contributed by atoms with van der Waals surface area (Å²) in [6, 6.07) is 0.584. The standard InChI is InChI=1S/C6H8ClN/c7-6-8-4-2-1-3-5-8/h1-4H,5-6H2. The van der Waals surface area contributed by atoms with Crippen LogP contribution in [0.1, 0.15) is 0 Å². The summed E-state index contributed by atoms with van der Waals surface area (Å²) >= 11 is 5.52. The van der Waals surface area contributed by atoms with E-state index < -0.39 is 0 Å². The highest BCUT2D eigenvalue weighted by atomic mass is 35.5. The second-order valence-corrected chi connectivity index (χ2v) is 1.90. The van der Waals surface area contributed by atoms with E-state index in [0.29, 0.717) is 6.00 Å². The van der Waals surface area contributed by atoms with Crippen molar-refractivity contribution in [2.75, 3.05) is 12.5 Å². The fourth-order valence-electron chi connectivity index (χ4n) is 0.596. The molecule has 2 heteroatoms. The van der Waals surface area contributed by atoms with Gasteiger partial charge < -0.3 is 4.90 Å². The summed E-state index contributed by atoms with van der Waals surface area (Å²) in [4.78, 5) is 2.02. The molecule has 0 saturated heterocycles. The maximum absolute atomic E-state index is 5.52. The molecule has 0 bridgehead atoms. The Hall–Kier alpha value is -0.430. The van der Waals surface area contributed by atoms with Crippen molar-refractivity contribution in [3.05, 3.63) is 24.4 Å². The molecule has 1 aliphatic heterocycles. The lowest BCUT2D eigenvalue weighted by atomic mass is 10.4. The van der Waals surface area contributed by atoms with Gasteiger partial charge in [0.1, 0.15) is 0 Å². The number of hydrogen-bond acceptors (Lipinski definition) is 1. The molecule has 0 saturated carbocycles. The van der Waals surface area contributed by atoms with Gasteiger partial charge in [0, 0.05) is 12.7 Å². The Balaban J connectivity index is 2.40. The highest BCUT2D eigenvalue weighted by Gasteiger charge is 1.93. The smallest absolute Gasteiger partial charge is 0.0926 e. The van der Waals surface area contributed by atoms with Crippen LogP contribution in [0.4, 0.5) is 0 Å². The third-order valence-corrected chi connectivity index (χ3v) is 1.34. The number of rotatable bonds is 1. The van der Waals surface area contributed by atoms with Gasteiger partial charge in [0.2, 0.25) is 0 Å². The van der Waals surface area contributed by atoms with Crippen LogP contribution in [0.2, 0.25) is 0 Å². The molecular weight excluding hydrogens is 122 g/mol. The van der Waals surface area contributed by atoms with Crippen molar-refractivity contribution >= 4 is 11.6 Å². The van der Waals surface area contributed by atoms with Crippen LogP contribution in [0.15, 0.2) is 24.4 Å². The van der Waals surface area contributed by atoms with E-state index >= 15 is 0 Å². The van der Waals surface area contributed by atoms with Gasteiger partial charge in [-0.25, -0.2) is 0 Å². The van der Waals surface area contributed by atoms with Crippen molar-refractivity contribution in [2.24, 2.45) is 0 Å². The SMILES string of the molecule is ClCN1C=CC=CC1. The number of halogens is 1. The summed E-state index contributed by atoms with van der Waals surface area (Å²) in [5, 5.41) is 0. The zero-order valence-electron chi connectivity index (χ0n) is 4.55. The van der Waals surface area contributed by atoms with E-state index in [-0.39, 0.29) is 0 Å². The third kappa shape index (κ3) is 1.27. The molecule has 0 unspecified atom stereocenters. The lowest BCUT2D eigenvalue weighted by Gasteiger charge is -2.15. The molecule has 0 N–H and O–H groups in total. The van der Waals surface area contributed by atoms with Crippen LogP contribution < -0.4 is 0 Å². The van der Waals surface area contributed by atoms with E-state index in [1.165, 1.54) is 0 Å². The Morgan fingerprint density at radius 1 is 1.50 bits per heavy atom. The molecule has 1 aliphatic rings. The molecule has 0 aromatic carbocycles. The summed E-state index contributed by atoms with van der Waals surface area (Å²) in [5.74, 6) is 0. The Morgan fingerprint density at radius 3 is 2.75 bits per heavy atom. The number of allylic oxidation sites excluding steroid dienone is 2. The van der Waals surface area contributed by atoms with E-state index in [9.17, 15) is 0 Å². The zero-order valence-corrected chi connectivity index (χ0v) is 5.30. The largest absolute Gasteiger partial charge is 0.360 e. The van der Waals surface area contributed by atoms with Gasteiger partial charge in [-0.2, -0.15) is 0 Å². The summed E-state index contributed by atoms with van der Waals surface area (Å²) in [6.45, 7) is 0.944. The van der Waals surface area contributed by atoms with Crippen molar-refractivity contribution in [3.63, 3.8) is 0 Å². The van der Waals surface area contributed by atoms with E-state index in [1.807, 2.05) is 23.3 Å². The maximum atomic E-state index is 5.52. The van der Waals surface area contributed by atoms with Gasteiger partial charge in [-0.3, -0.25) is 0 Å². The van der Waals surface area contributed by atoms with Crippen molar-refractivity contribution in [2.45, 2.75) is 0 Å². The highest BCUT2D eigenvalue weighted by molar-refractivity contribution is 6.17. The minimum absolute atomic E-state index is 0.584. The maximum Gasteiger partial charge on any atom is 0.0926 e. The Labute approximate surface area is 54.2 Å². The van der Waals surface area contributed by atoms with Crippen LogP contribution in [0.3, 0.4) is 0 Å². The summed E-state index contributed by atoms with van der Waals surface area (Å²) in [6.07, 6.45) is 8.05. The molecule has 1 heterocycles.